The molecule has 0 aromatic rings. The van der Waals surface area contributed by atoms with Crippen LogP contribution >= 0.6 is 0 Å². The van der Waals surface area contributed by atoms with E-state index in [-0.39, 0.29) is 5.79 Å². The maximum absolute atomic E-state index is 5.84. The minimum atomic E-state index is -0.227. The average Bonchev–Trinajstić information content (AvgIpc) is 2.92. The van der Waals surface area contributed by atoms with E-state index in [2.05, 4.69) is 0 Å². The van der Waals surface area contributed by atoms with Gasteiger partial charge < -0.3 is 14.2 Å². The lowest BCUT2D eigenvalue weighted by atomic mass is 9.94. The molecular formula is C10H16O3. The molecule has 3 heteroatoms. The number of ether oxygens (including phenoxy) is 3. The molecule has 1 saturated carbocycles. The standard InChI is InChI=1S/C10H16O3/c1-2-4-10(5-3-1)11-6-8-9(13-8)7-12-10/h8-9H,1-7H2/t8-,9-/m1/s1. The van der Waals surface area contributed by atoms with Gasteiger partial charge in [-0.3, -0.25) is 0 Å². The molecule has 1 aliphatic carbocycles. The highest BCUT2D eigenvalue weighted by molar-refractivity contribution is 4.90. The van der Waals surface area contributed by atoms with Gasteiger partial charge in [0.15, 0.2) is 5.79 Å². The van der Waals surface area contributed by atoms with Gasteiger partial charge in [0.2, 0.25) is 0 Å². The second kappa shape index (κ2) is 2.94. The van der Waals surface area contributed by atoms with Crippen molar-refractivity contribution in [2.24, 2.45) is 0 Å². The Morgan fingerprint density at radius 1 is 0.846 bits per heavy atom. The fourth-order valence-corrected chi connectivity index (χ4v) is 2.36. The van der Waals surface area contributed by atoms with E-state index < -0.39 is 0 Å². The van der Waals surface area contributed by atoms with Crippen molar-refractivity contribution in [1.29, 1.82) is 0 Å². The van der Waals surface area contributed by atoms with Gasteiger partial charge in [0.1, 0.15) is 12.2 Å². The zero-order chi connectivity index (χ0) is 8.73. The van der Waals surface area contributed by atoms with Crippen molar-refractivity contribution in [3.05, 3.63) is 0 Å². The van der Waals surface area contributed by atoms with Gasteiger partial charge in [-0.25, -0.2) is 0 Å². The van der Waals surface area contributed by atoms with Crippen molar-refractivity contribution in [3.8, 4) is 0 Å². The largest absolute Gasteiger partial charge is 0.365 e. The van der Waals surface area contributed by atoms with Crippen LogP contribution in [0.4, 0.5) is 0 Å². The second-order valence-electron chi connectivity index (χ2n) is 4.31. The molecule has 0 unspecified atom stereocenters. The minimum absolute atomic E-state index is 0.227. The van der Waals surface area contributed by atoms with Crippen LogP contribution in [0.2, 0.25) is 0 Å². The first-order valence-corrected chi connectivity index (χ1v) is 5.31. The topological polar surface area (TPSA) is 31.0 Å². The summed E-state index contributed by atoms with van der Waals surface area (Å²) >= 11 is 0. The lowest BCUT2D eigenvalue weighted by Gasteiger charge is -2.35. The number of epoxide rings is 1. The second-order valence-corrected chi connectivity index (χ2v) is 4.31. The fraction of sp³-hybridized carbons (Fsp3) is 1.00. The molecule has 0 aromatic carbocycles. The molecule has 0 amide bonds. The first-order chi connectivity index (χ1) is 6.38. The van der Waals surface area contributed by atoms with E-state index in [1.807, 2.05) is 0 Å². The molecule has 3 aliphatic rings. The highest BCUT2D eigenvalue weighted by Gasteiger charge is 2.47. The third kappa shape index (κ3) is 1.49. The molecule has 0 N–H and O–H groups in total. The van der Waals surface area contributed by atoms with E-state index in [9.17, 15) is 0 Å². The number of hydrogen-bond donors (Lipinski definition) is 0. The third-order valence-corrected chi connectivity index (χ3v) is 3.32. The first kappa shape index (κ1) is 8.21. The molecule has 3 rings (SSSR count). The molecular weight excluding hydrogens is 168 g/mol. The summed E-state index contributed by atoms with van der Waals surface area (Å²) in [4.78, 5) is 0. The molecule has 13 heavy (non-hydrogen) atoms. The summed E-state index contributed by atoms with van der Waals surface area (Å²) in [5, 5.41) is 0. The van der Waals surface area contributed by atoms with E-state index in [0.29, 0.717) is 12.2 Å². The highest BCUT2D eigenvalue weighted by Crippen LogP contribution is 2.38. The summed E-state index contributed by atoms with van der Waals surface area (Å²) < 4.78 is 17.0. The van der Waals surface area contributed by atoms with Crippen molar-refractivity contribution in [1.82, 2.24) is 0 Å². The van der Waals surface area contributed by atoms with Crippen LogP contribution in [0.15, 0.2) is 0 Å². The Morgan fingerprint density at radius 2 is 1.46 bits per heavy atom. The Labute approximate surface area is 78.3 Å². The zero-order valence-corrected chi connectivity index (χ0v) is 7.83. The highest BCUT2D eigenvalue weighted by atomic mass is 16.7. The molecule has 2 saturated heterocycles. The molecule has 1 spiro atoms. The normalized spacial score (nSPS) is 42.5. The lowest BCUT2D eigenvalue weighted by molar-refractivity contribution is -0.251. The van der Waals surface area contributed by atoms with Gasteiger partial charge in [0, 0.05) is 12.8 Å². The van der Waals surface area contributed by atoms with Crippen molar-refractivity contribution in [2.75, 3.05) is 13.2 Å². The number of rotatable bonds is 0. The van der Waals surface area contributed by atoms with Crippen LogP contribution in [0.5, 0.6) is 0 Å². The van der Waals surface area contributed by atoms with E-state index >= 15 is 0 Å². The van der Waals surface area contributed by atoms with Gasteiger partial charge in [0.25, 0.3) is 0 Å². The molecule has 3 fully saturated rings. The predicted octanol–water partition coefficient (Wildman–Crippen LogP) is 1.46. The molecule has 2 heterocycles. The third-order valence-electron chi connectivity index (χ3n) is 3.32. The number of hydrogen-bond acceptors (Lipinski definition) is 3. The molecule has 2 aliphatic heterocycles. The van der Waals surface area contributed by atoms with Crippen LogP contribution in [0.3, 0.4) is 0 Å². The van der Waals surface area contributed by atoms with Crippen molar-refractivity contribution < 1.29 is 14.2 Å². The molecule has 2 atom stereocenters. The quantitative estimate of drug-likeness (QED) is 0.534. The minimum Gasteiger partial charge on any atom is -0.365 e. The summed E-state index contributed by atoms with van der Waals surface area (Å²) in [6.45, 7) is 1.48. The maximum Gasteiger partial charge on any atom is 0.168 e. The van der Waals surface area contributed by atoms with Crippen molar-refractivity contribution >= 4 is 0 Å². The van der Waals surface area contributed by atoms with E-state index in [1.54, 1.807) is 0 Å². The number of fused-ring (bicyclic) bond motifs is 1. The smallest absolute Gasteiger partial charge is 0.168 e. The monoisotopic (exact) mass is 184 g/mol. The maximum atomic E-state index is 5.84. The Balaban J connectivity index is 1.68. The van der Waals surface area contributed by atoms with Crippen molar-refractivity contribution in [3.63, 3.8) is 0 Å². The summed E-state index contributed by atoms with van der Waals surface area (Å²) in [6.07, 6.45) is 6.64. The van der Waals surface area contributed by atoms with Gasteiger partial charge in [-0.2, -0.15) is 0 Å². The Bertz CT molecular complexity index is 184. The molecule has 0 bridgehead atoms. The van der Waals surface area contributed by atoms with E-state index in [1.165, 1.54) is 19.3 Å². The van der Waals surface area contributed by atoms with Gasteiger partial charge in [-0.1, -0.05) is 6.42 Å². The summed E-state index contributed by atoms with van der Waals surface area (Å²) in [5.41, 5.74) is 0. The van der Waals surface area contributed by atoms with Crippen LogP contribution in [0.1, 0.15) is 32.1 Å². The van der Waals surface area contributed by atoms with Gasteiger partial charge in [0.05, 0.1) is 13.2 Å². The van der Waals surface area contributed by atoms with Gasteiger partial charge >= 0.3 is 0 Å². The van der Waals surface area contributed by atoms with Gasteiger partial charge in [-0.15, -0.1) is 0 Å². The summed E-state index contributed by atoms with van der Waals surface area (Å²) in [7, 11) is 0. The molecule has 0 radical (unpaired) electrons. The van der Waals surface area contributed by atoms with Crippen LogP contribution in [0.25, 0.3) is 0 Å². The zero-order valence-electron chi connectivity index (χ0n) is 7.83. The molecule has 0 aromatic heterocycles. The molecule has 3 nitrogen and oxygen atoms in total. The van der Waals surface area contributed by atoms with Gasteiger partial charge in [-0.05, 0) is 12.8 Å². The van der Waals surface area contributed by atoms with Crippen LogP contribution in [-0.4, -0.2) is 31.2 Å². The van der Waals surface area contributed by atoms with Crippen LogP contribution in [-0.2, 0) is 14.2 Å². The van der Waals surface area contributed by atoms with Crippen LogP contribution in [0, 0.1) is 0 Å². The van der Waals surface area contributed by atoms with E-state index in [4.69, 9.17) is 14.2 Å². The Kier molecular flexibility index (Phi) is 1.86. The van der Waals surface area contributed by atoms with Crippen molar-refractivity contribution in [2.45, 2.75) is 50.1 Å². The van der Waals surface area contributed by atoms with E-state index in [0.717, 1.165) is 26.1 Å². The SMILES string of the molecule is C1CCC2(CC1)OC[C@H]1O[C@@H]1CO2. The summed E-state index contributed by atoms with van der Waals surface area (Å²) in [5.74, 6) is -0.227. The van der Waals surface area contributed by atoms with Crippen LogP contribution < -0.4 is 0 Å². The lowest BCUT2D eigenvalue weighted by Crippen LogP contribution is -2.38. The molecule has 74 valence electrons. The Morgan fingerprint density at radius 3 is 2.08 bits per heavy atom. The summed E-state index contributed by atoms with van der Waals surface area (Å²) in [6, 6.07) is 0. The first-order valence-electron chi connectivity index (χ1n) is 5.31. The average molecular weight is 184 g/mol. The fourth-order valence-electron chi connectivity index (χ4n) is 2.36. The predicted molar refractivity (Wildman–Crippen MR) is 46.4 cm³/mol. The Hall–Kier alpha value is -0.120.